The van der Waals surface area contributed by atoms with Gasteiger partial charge in [0.15, 0.2) is 0 Å². The second-order valence-corrected chi connectivity index (χ2v) is 9.85. The van der Waals surface area contributed by atoms with Gasteiger partial charge in [0.1, 0.15) is 8.77 Å². The quantitative estimate of drug-likeness (QED) is 0.364. The Bertz CT molecular complexity index is 314. The van der Waals surface area contributed by atoms with Crippen molar-refractivity contribution in [1.82, 2.24) is 0 Å². The van der Waals surface area contributed by atoms with E-state index >= 15 is 0 Å². The van der Waals surface area contributed by atoms with E-state index in [-0.39, 0.29) is 29.6 Å². The summed E-state index contributed by atoms with van der Waals surface area (Å²) < 4.78 is 17.4. The molecule has 1 atom stereocenters. The summed E-state index contributed by atoms with van der Waals surface area (Å²) >= 11 is 5.07. The summed E-state index contributed by atoms with van der Waals surface area (Å²) in [6.07, 6.45) is 9.12. The molecule has 0 saturated carbocycles. The Morgan fingerprint density at radius 1 is 0.857 bits per heavy atom. The summed E-state index contributed by atoms with van der Waals surface area (Å²) in [4.78, 5) is 0. The molecule has 0 N–H and O–H groups in total. The molecule has 0 aromatic carbocycles. The average Bonchev–Trinajstić information content (AvgIpc) is 2.32. The molecule has 2 nitrogen and oxygen atoms in total. The fourth-order valence-electron chi connectivity index (χ4n) is 2.08. The minimum absolute atomic E-state index is 0. The summed E-state index contributed by atoms with van der Waals surface area (Å²) in [5.74, 6) is 2.07. The number of unbranched alkanes of at least 4 members (excludes halogenated alkanes) is 4. The molecule has 0 radical (unpaired) electrons. The molecule has 0 heterocycles. The molecule has 0 aliphatic carbocycles. The van der Waals surface area contributed by atoms with Crippen molar-refractivity contribution in [3.63, 3.8) is 0 Å². The summed E-state index contributed by atoms with van der Waals surface area (Å²) in [5.41, 5.74) is 0. The molecule has 1 unspecified atom stereocenters. The Kier molecular flexibility index (Phi) is 17.4. The first-order valence-electron chi connectivity index (χ1n) is 8.20. The molecule has 0 saturated heterocycles. The number of hydrogen-bond acceptors (Lipinski definition) is 3. The van der Waals surface area contributed by atoms with E-state index < -0.39 is 8.77 Å². The van der Waals surface area contributed by atoms with Gasteiger partial charge in [-0.25, -0.2) is 4.21 Å². The van der Waals surface area contributed by atoms with Gasteiger partial charge in [-0.05, 0) is 24.7 Å². The van der Waals surface area contributed by atoms with Crippen LogP contribution in [0.2, 0.25) is 0 Å². The average molecular weight is 347 g/mol. The predicted molar refractivity (Wildman–Crippen MR) is 100 cm³/mol. The van der Waals surface area contributed by atoms with Gasteiger partial charge in [0, 0.05) is 11.2 Å². The van der Waals surface area contributed by atoms with E-state index in [0.29, 0.717) is 12.4 Å². The molecule has 124 valence electrons. The molecule has 0 amide bonds. The van der Waals surface area contributed by atoms with E-state index in [9.17, 15) is 4.21 Å². The Morgan fingerprint density at radius 3 is 1.81 bits per heavy atom. The molecule has 0 rings (SSSR count). The van der Waals surface area contributed by atoms with Gasteiger partial charge in [-0.3, -0.25) is 4.18 Å². The minimum atomic E-state index is -2.45. The first-order valence-corrected chi connectivity index (χ1v) is 10.8. The summed E-state index contributed by atoms with van der Waals surface area (Å²) in [7, 11) is -2.45. The zero-order valence-corrected chi connectivity index (χ0v) is 15.5. The molecular weight excluding hydrogens is 311 g/mol. The van der Waals surface area contributed by atoms with E-state index in [1.807, 2.05) is 0 Å². The van der Waals surface area contributed by atoms with Gasteiger partial charge in [0.25, 0.3) is 0 Å². The van der Waals surface area contributed by atoms with E-state index in [2.05, 4.69) is 27.7 Å². The third-order valence-electron chi connectivity index (χ3n) is 3.36. The molecule has 0 aromatic heterocycles. The Balaban J connectivity index is 0. The molecule has 0 aliphatic heterocycles. The third kappa shape index (κ3) is 19.3. The van der Waals surface area contributed by atoms with E-state index in [1.54, 1.807) is 0 Å². The molecule has 0 aliphatic rings. The van der Waals surface area contributed by atoms with Gasteiger partial charge in [0.05, 0.1) is 12.4 Å². The second kappa shape index (κ2) is 14.9. The van der Waals surface area contributed by atoms with Crippen LogP contribution in [0.15, 0.2) is 0 Å². The van der Waals surface area contributed by atoms with Crippen molar-refractivity contribution in [2.75, 3.05) is 12.4 Å². The normalized spacial score (nSPS) is 14.2. The van der Waals surface area contributed by atoms with E-state index in [0.717, 1.165) is 37.5 Å². The first-order chi connectivity index (χ1) is 9.33. The van der Waals surface area contributed by atoms with Gasteiger partial charge in [-0.1, -0.05) is 66.2 Å². The molecule has 0 fully saturated rings. The summed E-state index contributed by atoms with van der Waals surface area (Å²) in [5, 5.41) is 0. The predicted octanol–water partition coefficient (Wildman–Crippen LogP) is 4.45. The maximum absolute atomic E-state index is 12.0. The first kappa shape index (κ1) is 24.6. The van der Waals surface area contributed by atoms with Gasteiger partial charge in [-0.2, -0.15) is 0 Å². The maximum atomic E-state index is 12.0. The van der Waals surface area contributed by atoms with Crippen LogP contribution in [0, 0.1) is 11.8 Å². The summed E-state index contributed by atoms with van der Waals surface area (Å²) in [6.45, 7) is 9.52. The van der Waals surface area contributed by atoms with Crippen LogP contribution in [0.5, 0.6) is 0 Å². The molecular formula is C16H35NaO2S2. The van der Waals surface area contributed by atoms with Gasteiger partial charge in [0.2, 0.25) is 0 Å². The Hall–Kier alpha value is 1.33. The fraction of sp³-hybridized carbons (Fsp3) is 1.00. The van der Waals surface area contributed by atoms with Gasteiger partial charge in [-0.15, -0.1) is 0 Å². The van der Waals surface area contributed by atoms with Crippen LogP contribution in [0.1, 0.15) is 79.1 Å². The summed E-state index contributed by atoms with van der Waals surface area (Å²) in [6, 6.07) is 0. The SMILES string of the molecule is CC(C)CCCCCOS(=O)(=S)CCCCCC(C)C.[NaH]. The van der Waals surface area contributed by atoms with Crippen molar-refractivity contribution in [3.8, 4) is 0 Å². The molecule has 5 heteroatoms. The fourth-order valence-corrected chi connectivity index (χ4v) is 3.69. The van der Waals surface area contributed by atoms with Crippen molar-refractivity contribution in [1.29, 1.82) is 0 Å². The van der Waals surface area contributed by atoms with Crippen LogP contribution in [0.25, 0.3) is 0 Å². The van der Waals surface area contributed by atoms with Crippen molar-refractivity contribution in [3.05, 3.63) is 0 Å². The third-order valence-corrected chi connectivity index (χ3v) is 5.47. The van der Waals surface area contributed by atoms with Crippen LogP contribution >= 0.6 is 0 Å². The van der Waals surface area contributed by atoms with Crippen molar-refractivity contribution < 1.29 is 8.39 Å². The monoisotopic (exact) mass is 346 g/mol. The standard InChI is InChI=1S/C16H34O2S2.Na.H/c1-15(2)11-7-5-9-13-18-20(17,19)14-10-6-8-12-16(3)4;;/h15-16H,5-14H2,1-4H3;;. The number of rotatable bonds is 13. The molecule has 0 spiro atoms. The van der Waals surface area contributed by atoms with Crippen LogP contribution in [0.4, 0.5) is 0 Å². The van der Waals surface area contributed by atoms with Crippen LogP contribution in [-0.2, 0) is 24.1 Å². The number of hydrogen-bond donors (Lipinski definition) is 0. The van der Waals surface area contributed by atoms with Crippen LogP contribution < -0.4 is 0 Å². The molecule has 0 bridgehead atoms. The Labute approximate surface area is 160 Å². The second-order valence-electron chi connectivity index (χ2n) is 6.57. The van der Waals surface area contributed by atoms with Crippen molar-refractivity contribution in [2.45, 2.75) is 79.1 Å². The van der Waals surface area contributed by atoms with Gasteiger partial charge < -0.3 is 0 Å². The van der Waals surface area contributed by atoms with Crippen LogP contribution in [-0.4, -0.2) is 46.1 Å². The zero-order chi connectivity index (χ0) is 15.4. The molecule has 21 heavy (non-hydrogen) atoms. The Morgan fingerprint density at radius 2 is 1.33 bits per heavy atom. The van der Waals surface area contributed by atoms with E-state index in [1.165, 1.54) is 25.7 Å². The zero-order valence-electron chi connectivity index (χ0n) is 13.9. The molecule has 0 aromatic rings. The van der Waals surface area contributed by atoms with Gasteiger partial charge >= 0.3 is 29.6 Å². The van der Waals surface area contributed by atoms with Crippen molar-refractivity contribution >= 4 is 49.5 Å². The van der Waals surface area contributed by atoms with E-state index in [4.69, 9.17) is 15.4 Å². The van der Waals surface area contributed by atoms with Crippen LogP contribution in [0.3, 0.4) is 0 Å². The van der Waals surface area contributed by atoms with Crippen molar-refractivity contribution in [2.24, 2.45) is 11.8 Å². The topological polar surface area (TPSA) is 26.3 Å².